The van der Waals surface area contributed by atoms with Crippen LogP contribution in [0.3, 0.4) is 0 Å². The molecule has 1 aromatic heterocycles. The maximum atomic E-state index is 4.72. The number of aromatic nitrogens is 1. The van der Waals surface area contributed by atoms with Crippen LogP contribution in [0.2, 0.25) is 0 Å². The molecule has 1 aliphatic heterocycles. The van der Waals surface area contributed by atoms with Gasteiger partial charge in [-0.3, -0.25) is 4.98 Å². The molecule has 0 radical (unpaired) electrons. The summed E-state index contributed by atoms with van der Waals surface area (Å²) >= 11 is 1.88. The summed E-state index contributed by atoms with van der Waals surface area (Å²) in [5, 5.41) is 0. The van der Waals surface area contributed by atoms with Crippen LogP contribution in [0.15, 0.2) is 35.2 Å². The van der Waals surface area contributed by atoms with Crippen LogP contribution >= 0.6 is 11.8 Å². The molecule has 0 atom stereocenters. The fourth-order valence-corrected chi connectivity index (χ4v) is 4.12. The zero-order valence-corrected chi connectivity index (χ0v) is 14.5. The molecule has 116 valence electrons. The molecule has 2 nitrogen and oxygen atoms in total. The van der Waals surface area contributed by atoms with Crippen LogP contribution in [0.1, 0.15) is 35.4 Å². The van der Waals surface area contributed by atoms with E-state index >= 15 is 0 Å². The second kappa shape index (κ2) is 6.74. The molecule has 0 N–H and O–H groups in total. The summed E-state index contributed by atoms with van der Waals surface area (Å²) < 4.78 is 0. The van der Waals surface area contributed by atoms with Crippen LogP contribution in [-0.2, 0) is 5.75 Å². The summed E-state index contributed by atoms with van der Waals surface area (Å²) in [7, 11) is 0. The van der Waals surface area contributed by atoms with Gasteiger partial charge in [0.05, 0.1) is 5.69 Å². The Kier molecular flexibility index (Phi) is 4.72. The highest BCUT2D eigenvalue weighted by molar-refractivity contribution is 7.98. The van der Waals surface area contributed by atoms with Crippen LogP contribution < -0.4 is 4.90 Å². The van der Waals surface area contributed by atoms with Crippen LogP contribution in [-0.4, -0.2) is 18.1 Å². The van der Waals surface area contributed by atoms with Gasteiger partial charge in [0.25, 0.3) is 0 Å². The molecule has 1 fully saturated rings. The van der Waals surface area contributed by atoms with Crippen molar-refractivity contribution in [2.75, 3.05) is 18.0 Å². The molecule has 0 bridgehead atoms. The molecule has 0 unspecified atom stereocenters. The smallest absolute Gasteiger partial charge is 0.0530 e. The van der Waals surface area contributed by atoms with Gasteiger partial charge in [-0.05, 0) is 69.0 Å². The van der Waals surface area contributed by atoms with Crippen LogP contribution in [0.4, 0.5) is 5.69 Å². The van der Waals surface area contributed by atoms with Crippen LogP contribution in [0.25, 0.3) is 0 Å². The van der Waals surface area contributed by atoms with Gasteiger partial charge >= 0.3 is 0 Å². The maximum Gasteiger partial charge on any atom is 0.0530 e. The number of benzene rings is 1. The number of nitrogens with zero attached hydrogens (tertiary/aromatic N) is 2. The van der Waals surface area contributed by atoms with Gasteiger partial charge in [-0.2, -0.15) is 0 Å². The highest BCUT2D eigenvalue weighted by Gasteiger charge is 2.13. The second-order valence-corrected chi connectivity index (χ2v) is 7.31. The van der Waals surface area contributed by atoms with E-state index in [4.69, 9.17) is 4.98 Å². The minimum Gasteiger partial charge on any atom is -0.371 e. The molecule has 3 rings (SSSR count). The number of anilines is 1. The first-order valence-corrected chi connectivity index (χ1v) is 9.02. The summed E-state index contributed by atoms with van der Waals surface area (Å²) in [5.74, 6) is 0.936. The third-order valence-electron chi connectivity index (χ3n) is 4.04. The lowest BCUT2D eigenvalue weighted by molar-refractivity contribution is 0.949. The summed E-state index contributed by atoms with van der Waals surface area (Å²) in [5.41, 5.74) is 6.32. The Labute approximate surface area is 138 Å². The van der Waals surface area contributed by atoms with E-state index in [-0.39, 0.29) is 0 Å². The Morgan fingerprint density at radius 1 is 0.955 bits per heavy atom. The quantitative estimate of drug-likeness (QED) is 0.747. The molecule has 2 heterocycles. The first-order valence-electron chi connectivity index (χ1n) is 8.04. The van der Waals surface area contributed by atoms with E-state index < -0.39 is 0 Å². The molecule has 2 aromatic rings. The van der Waals surface area contributed by atoms with Crippen molar-refractivity contribution in [3.05, 3.63) is 52.8 Å². The number of thioether (sulfide) groups is 1. The van der Waals surface area contributed by atoms with Crippen molar-refractivity contribution in [1.82, 2.24) is 4.98 Å². The zero-order valence-electron chi connectivity index (χ0n) is 13.7. The van der Waals surface area contributed by atoms with Gasteiger partial charge in [0.15, 0.2) is 0 Å². The van der Waals surface area contributed by atoms with Gasteiger partial charge in [-0.1, -0.05) is 6.07 Å². The molecule has 1 aliphatic rings. The predicted molar refractivity (Wildman–Crippen MR) is 95.9 cm³/mol. The van der Waals surface area contributed by atoms with E-state index in [9.17, 15) is 0 Å². The Balaban J connectivity index is 1.74. The number of aryl methyl sites for hydroxylation is 3. The molecule has 22 heavy (non-hydrogen) atoms. The molecule has 3 heteroatoms. The van der Waals surface area contributed by atoms with Crippen LogP contribution in [0.5, 0.6) is 0 Å². The second-order valence-electron chi connectivity index (χ2n) is 6.26. The van der Waals surface area contributed by atoms with Crippen molar-refractivity contribution in [2.45, 2.75) is 44.3 Å². The largest absolute Gasteiger partial charge is 0.371 e. The van der Waals surface area contributed by atoms with Gasteiger partial charge in [0.1, 0.15) is 0 Å². The lowest BCUT2D eigenvalue weighted by atomic mass is 10.2. The standard InChI is InChI=1S/C19H24N2S/c1-14-8-15(2)10-19(9-14)22-13-17-12-18(11-16(3)20-17)21-6-4-5-7-21/h8-12H,4-7,13H2,1-3H3. The van der Waals surface area contributed by atoms with Gasteiger partial charge in [0.2, 0.25) is 0 Å². The van der Waals surface area contributed by atoms with Crippen molar-refractivity contribution >= 4 is 17.4 Å². The van der Waals surface area contributed by atoms with Gasteiger partial charge in [-0.15, -0.1) is 11.8 Å². The monoisotopic (exact) mass is 312 g/mol. The molecule has 0 aliphatic carbocycles. The lowest BCUT2D eigenvalue weighted by Crippen LogP contribution is -2.18. The molecule has 1 aromatic carbocycles. The van der Waals surface area contributed by atoms with Crippen molar-refractivity contribution < 1.29 is 0 Å². The number of hydrogen-bond acceptors (Lipinski definition) is 3. The number of hydrogen-bond donors (Lipinski definition) is 0. The van der Waals surface area contributed by atoms with Crippen molar-refractivity contribution in [1.29, 1.82) is 0 Å². The summed E-state index contributed by atoms with van der Waals surface area (Å²) in [4.78, 5) is 8.54. The predicted octanol–water partition coefficient (Wildman–Crippen LogP) is 4.90. The molecular formula is C19H24N2S. The molecule has 0 saturated carbocycles. The number of rotatable bonds is 4. The molecule has 0 spiro atoms. The Hall–Kier alpha value is -1.48. The van der Waals surface area contributed by atoms with E-state index in [2.05, 4.69) is 56.0 Å². The van der Waals surface area contributed by atoms with Gasteiger partial charge < -0.3 is 4.90 Å². The van der Waals surface area contributed by atoms with E-state index in [0.29, 0.717) is 0 Å². The highest BCUT2D eigenvalue weighted by Crippen LogP contribution is 2.27. The third kappa shape index (κ3) is 3.83. The number of pyridine rings is 1. The maximum absolute atomic E-state index is 4.72. The fourth-order valence-electron chi connectivity index (χ4n) is 3.12. The minimum atomic E-state index is 0.936. The molecule has 1 saturated heterocycles. The average molecular weight is 312 g/mol. The van der Waals surface area contributed by atoms with E-state index in [1.807, 2.05) is 11.8 Å². The average Bonchev–Trinajstić information content (AvgIpc) is 2.98. The summed E-state index contributed by atoms with van der Waals surface area (Å²) in [6, 6.07) is 11.2. The van der Waals surface area contributed by atoms with Crippen molar-refractivity contribution in [3.63, 3.8) is 0 Å². The minimum absolute atomic E-state index is 0.936. The third-order valence-corrected chi connectivity index (χ3v) is 5.05. The fraction of sp³-hybridized carbons (Fsp3) is 0.421. The first-order chi connectivity index (χ1) is 10.6. The Morgan fingerprint density at radius 2 is 1.64 bits per heavy atom. The summed E-state index contributed by atoms with van der Waals surface area (Å²) in [6.45, 7) is 8.80. The Morgan fingerprint density at radius 3 is 2.32 bits per heavy atom. The molecular weight excluding hydrogens is 288 g/mol. The topological polar surface area (TPSA) is 16.1 Å². The zero-order chi connectivity index (χ0) is 15.5. The van der Waals surface area contributed by atoms with E-state index in [0.717, 1.165) is 11.4 Å². The lowest BCUT2D eigenvalue weighted by Gasteiger charge is -2.19. The van der Waals surface area contributed by atoms with Gasteiger partial charge in [-0.25, -0.2) is 0 Å². The molecule has 0 amide bonds. The van der Waals surface area contributed by atoms with Gasteiger partial charge in [0, 0.05) is 35.1 Å². The van der Waals surface area contributed by atoms with E-state index in [1.165, 1.54) is 53.3 Å². The summed E-state index contributed by atoms with van der Waals surface area (Å²) in [6.07, 6.45) is 2.63. The highest BCUT2D eigenvalue weighted by atomic mass is 32.2. The van der Waals surface area contributed by atoms with Crippen molar-refractivity contribution in [2.24, 2.45) is 0 Å². The SMILES string of the molecule is Cc1cc(C)cc(SCc2cc(N3CCCC3)cc(C)n2)c1. The normalized spacial score (nSPS) is 14.6. The Bertz CT molecular complexity index is 640. The first kappa shape index (κ1) is 15.4. The van der Waals surface area contributed by atoms with Crippen LogP contribution in [0, 0.1) is 20.8 Å². The van der Waals surface area contributed by atoms with E-state index in [1.54, 1.807) is 0 Å². The van der Waals surface area contributed by atoms with Crippen molar-refractivity contribution in [3.8, 4) is 0 Å².